The summed E-state index contributed by atoms with van der Waals surface area (Å²) >= 11 is 12.9. The molecule has 1 aromatic carbocycles. The lowest BCUT2D eigenvalue weighted by molar-refractivity contribution is 0.102. The van der Waals surface area contributed by atoms with Crippen LogP contribution >= 0.6 is 61.5 Å². The fourth-order valence-corrected chi connectivity index (χ4v) is 3.03. The van der Waals surface area contributed by atoms with Gasteiger partial charge in [-0.05, 0) is 62.8 Å². The zero-order valence-electron chi connectivity index (χ0n) is 8.34. The maximum absolute atomic E-state index is 11.9. The summed E-state index contributed by atoms with van der Waals surface area (Å²) in [5.41, 5.74) is 1.39. The smallest absolute Gasteiger partial charge is 0.256 e. The topological polar surface area (TPSA) is 29.1 Å². The van der Waals surface area contributed by atoms with Gasteiger partial charge in [0.1, 0.15) is 0 Å². The Bertz CT molecular complexity index is 572. The highest BCUT2D eigenvalue weighted by atomic mass is 127. The third-order valence-electron chi connectivity index (χ3n) is 2.01. The van der Waals surface area contributed by atoms with E-state index in [4.69, 9.17) is 11.6 Å². The summed E-state index contributed by atoms with van der Waals surface area (Å²) in [6.45, 7) is 0. The number of hydrogen-bond acceptors (Lipinski definition) is 2. The second-order valence-corrected chi connectivity index (χ2v) is 7.29. The van der Waals surface area contributed by atoms with Gasteiger partial charge < -0.3 is 5.32 Å². The molecule has 1 heterocycles. The molecule has 0 bridgehead atoms. The first-order valence-corrected chi connectivity index (χ1v) is 7.69. The Kier molecular flexibility index (Phi) is 4.46. The van der Waals surface area contributed by atoms with Gasteiger partial charge in [0, 0.05) is 15.5 Å². The van der Waals surface area contributed by atoms with Crippen LogP contribution in [0.3, 0.4) is 0 Å². The molecule has 2 rings (SSSR count). The van der Waals surface area contributed by atoms with E-state index in [0.29, 0.717) is 16.3 Å². The number of hydrogen-bond donors (Lipinski definition) is 1. The van der Waals surface area contributed by atoms with Gasteiger partial charge >= 0.3 is 0 Å². The minimum absolute atomic E-state index is 0.113. The third-order valence-corrected chi connectivity index (χ3v) is 5.01. The molecule has 2 nitrogen and oxygen atoms in total. The summed E-state index contributed by atoms with van der Waals surface area (Å²) in [6.07, 6.45) is 0. The van der Waals surface area contributed by atoms with Gasteiger partial charge in [0.15, 0.2) is 0 Å². The Labute approximate surface area is 130 Å². The van der Waals surface area contributed by atoms with E-state index in [1.165, 1.54) is 0 Å². The lowest BCUT2D eigenvalue weighted by Gasteiger charge is -2.05. The minimum atomic E-state index is -0.113. The second kappa shape index (κ2) is 5.69. The monoisotopic (exact) mass is 441 g/mol. The Hall–Kier alpha value is -0.110. The summed E-state index contributed by atoms with van der Waals surface area (Å²) in [5.74, 6) is -0.113. The first-order chi connectivity index (χ1) is 8.06. The van der Waals surface area contributed by atoms with Gasteiger partial charge in [-0.3, -0.25) is 4.79 Å². The fraction of sp³-hybridized carbons (Fsp3) is 0. The molecule has 6 heteroatoms. The van der Waals surface area contributed by atoms with Crippen LogP contribution in [0.4, 0.5) is 5.69 Å². The number of rotatable bonds is 2. The van der Waals surface area contributed by atoms with E-state index in [0.717, 1.165) is 7.36 Å². The maximum atomic E-state index is 11.9. The largest absolute Gasteiger partial charge is 0.322 e. The molecule has 0 spiro atoms. The zero-order chi connectivity index (χ0) is 12.4. The van der Waals surface area contributed by atoms with Crippen LogP contribution in [0.15, 0.2) is 34.1 Å². The van der Waals surface area contributed by atoms with Gasteiger partial charge in [0.2, 0.25) is 0 Å². The van der Waals surface area contributed by atoms with E-state index < -0.39 is 0 Å². The van der Waals surface area contributed by atoms with E-state index in [1.54, 1.807) is 29.5 Å². The van der Waals surface area contributed by atoms with E-state index >= 15 is 0 Å². The number of halogens is 3. The van der Waals surface area contributed by atoms with Crippen molar-refractivity contribution >= 4 is 73.1 Å². The summed E-state index contributed by atoms with van der Waals surface area (Å²) < 4.78 is 1.85. The van der Waals surface area contributed by atoms with Gasteiger partial charge in [-0.25, -0.2) is 0 Å². The van der Waals surface area contributed by atoms with Gasteiger partial charge in [-0.1, -0.05) is 11.6 Å². The van der Waals surface area contributed by atoms with E-state index in [9.17, 15) is 4.79 Å². The number of nitrogens with one attached hydrogen (secondary N) is 1. The Morgan fingerprint density at radius 2 is 2.18 bits per heavy atom. The van der Waals surface area contributed by atoms with Crippen LogP contribution in [0.2, 0.25) is 5.02 Å². The van der Waals surface area contributed by atoms with Gasteiger partial charge in [-0.15, -0.1) is 11.3 Å². The van der Waals surface area contributed by atoms with Crippen LogP contribution in [-0.2, 0) is 0 Å². The van der Waals surface area contributed by atoms with Crippen molar-refractivity contribution in [2.75, 3.05) is 5.32 Å². The molecule has 1 N–H and O–H groups in total. The van der Waals surface area contributed by atoms with Crippen molar-refractivity contribution in [2.24, 2.45) is 0 Å². The summed E-state index contributed by atoms with van der Waals surface area (Å²) in [6, 6.07) is 7.13. The molecule has 0 aliphatic heterocycles. The number of anilines is 1. The predicted octanol–water partition coefficient (Wildman–Crippen LogP) is 5.02. The first-order valence-electron chi connectivity index (χ1n) is 4.56. The van der Waals surface area contributed by atoms with Crippen molar-refractivity contribution < 1.29 is 4.79 Å². The van der Waals surface area contributed by atoms with E-state index in [-0.39, 0.29) is 5.91 Å². The molecule has 0 aliphatic carbocycles. The molecule has 0 fully saturated rings. The van der Waals surface area contributed by atoms with Crippen molar-refractivity contribution in [3.63, 3.8) is 0 Å². The summed E-state index contributed by atoms with van der Waals surface area (Å²) in [4.78, 5) is 11.9. The molecule has 17 heavy (non-hydrogen) atoms. The highest BCUT2D eigenvalue weighted by molar-refractivity contribution is 14.1. The molecule has 0 aliphatic rings. The molecule has 1 aromatic heterocycles. The quantitative estimate of drug-likeness (QED) is 0.650. The molecule has 1 amide bonds. The van der Waals surface area contributed by atoms with Crippen molar-refractivity contribution in [2.45, 2.75) is 0 Å². The van der Waals surface area contributed by atoms with Gasteiger partial charge in [0.25, 0.3) is 5.91 Å². The molecule has 2 aromatic rings. The van der Waals surface area contributed by atoms with Crippen LogP contribution in [0.5, 0.6) is 0 Å². The molecular formula is C11H6BrClINOS. The molecule has 88 valence electrons. The molecule has 0 unspecified atom stereocenters. The zero-order valence-corrected chi connectivity index (χ0v) is 13.7. The Morgan fingerprint density at radius 3 is 2.76 bits per heavy atom. The van der Waals surface area contributed by atoms with Crippen LogP contribution in [0, 0.1) is 2.88 Å². The SMILES string of the molecule is O=C(Nc1ccc(Cl)c(Br)c1)c1csc(I)c1. The Balaban J connectivity index is 2.15. The van der Waals surface area contributed by atoms with Crippen molar-refractivity contribution in [1.29, 1.82) is 0 Å². The lowest BCUT2D eigenvalue weighted by atomic mass is 10.3. The maximum Gasteiger partial charge on any atom is 0.256 e. The number of carbonyl (C=O) groups excluding carboxylic acids is 1. The van der Waals surface area contributed by atoms with E-state index in [1.807, 2.05) is 11.4 Å². The summed E-state index contributed by atoms with van der Waals surface area (Å²) in [5, 5.41) is 5.27. The number of carbonyl (C=O) groups is 1. The average molecular weight is 443 g/mol. The molecule has 0 atom stereocenters. The molecular weight excluding hydrogens is 436 g/mol. The van der Waals surface area contributed by atoms with E-state index in [2.05, 4.69) is 43.8 Å². The van der Waals surface area contributed by atoms with Gasteiger partial charge in [-0.2, -0.15) is 0 Å². The highest BCUT2D eigenvalue weighted by Gasteiger charge is 2.08. The van der Waals surface area contributed by atoms with Crippen LogP contribution < -0.4 is 5.32 Å². The molecule has 0 radical (unpaired) electrons. The van der Waals surface area contributed by atoms with Crippen molar-refractivity contribution in [3.05, 3.63) is 47.6 Å². The highest BCUT2D eigenvalue weighted by Crippen LogP contribution is 2.26. The van der Waals surface area contributed by atoms with Gasteiger partial charge in [0.05, 0.1) is 13.5 Å². The normalized spacial score (nSPS) is 10.3. The lowest BCUT2D eigenvalue weighted by Crippen LogP contribution is -2.10. The predicted molar refractivity (Wildman–Crippen MR) is 84.1 cm³/mol. The van der Waals surface area contributed by atoms with Crippen LogP contribution in [0.1, 0.15) is 10.4 Å². The fourth-order valence-electron chi connectivity index (χ4n) is 1.21. The Morgan fingerprint density at radius 1 is 1.41 bits per heavy atom. The minimum Gasteiger partial charge on any atom is -0.322 e. The number of amides is 1. The average Bonchev–Trinajstić information content (AvgIpc) is 2.70. The second-order valence-electron chi connectivity index (χ2n) is 3.22. The van der Waals surface area contributed by atoms with Crippen molar-refractivity contribution in [1.82, 2.24) is 0 Å². The number of thiophene rings is 1. The standard InChI is InChI=1S/C11H6BrClINOS/c12-8-4-7(1-2-9(8)13)15-11(16)6-3-10(14)17-5-6/h1-5H,(H,15,16). The number of benzene rings is 1. The summed E-state index contributed by atoms with van der Waals surface area (Å²) in [7, 11) is 0. The molecule has 0 saturated heterocycles. The first kappa shape index (κ1) is 13.3. The van der Waals surface area contributed by atoms with Crippen molar-refractivity contribution in [3.8, 4) is 0 Å². The molecule has 0 saturated carbocycles. The van der Waals surface area contributed by atoms with Crippen LogP contribution in [0.25, 0.3) is 0 Å². The van der Waals surface area contributed by atoms with Crippen LogP contribution in [-0.4, -0.2) is 5.91 Å². The third kappa shape index (κ3) is 3.43.